The maximum Gasteiger partial charge on any atom is 0.235 e. The number of isocyanates is 1. The molecule has 0 amide bonds. The number of aliphatic imine (C=N–C) groups is 1. The molecule has 0 aliphatic heterocycles. The topological polar surface area (TPSA) is 70.6 Å². The lowest BCUT2D eigenvalue weighted by molar-refractivity contribution is -0.111. The predicted octanol–water partition coefficient (Wildman–Crippen LogP) is 2.29. The van der Waals surface area contributed by atoms with Crippen molar-refractivity contribution in [2.75, 3.05) is 0 Å². The molecule has 5 nitrogen and oxygen atoms in total. The molecule has 0 aliphatic rings. The van der Waals surface area contributed by atoms with E-state index in [0.29, 0.717) is 18.9 Å². The zero-order chi connectivity index (χ0) is 16.6. The maximum absolute atomic E-state index is 11.1. The van der Waals surface area contributed by atoms with E-state index in [2.05, 4.69) is 22.2 Å². The van der Waals surface area contributed by atoms with Crippen LogP contribution >= 0.6 is 0 Å². The molecule has 2 N–H and O–H groups in total. The number of aldehydes is 1. The minimum absolute atomic E-state index is 0.181. The third-order valence-electron chi connectivity index (χ3n) is 3.22. The highest BCUT2D eigenvalue weighted by atomic mass is 16.1. The van der Waals surface area contributed by atoms with Crippen molar-refractivity contribution in [2.24, 2.45) is 10.4 Å². The van der Waals surface area contributed by atoms with Crippen molar-refractivity contribution >= 4 is 12.4 Å². The van der Waals surface area contributed by atoms with Gasteiger partial charge in [-0.3, -0.25) is 0 Å². The molecule has 1 rings (SSSR count). The van der Waals surface area contributed by atoms with Crippen LogP contribution in [0.1, 0.15) is 31.9 Å². The fourth-order valence-electron chi connectivity index (χ4n) is 1.86. The van der Waals surface area contributed by atoms with Crippen molar-refractivity contribution < 1.29 is 9.59 Å². The SMILES string of the molecule is C=C(NCc1cccc(CN=C=O)c1)NC(C=O)C(C)(C)C. The molecule has 1 aromatic carbocycles. The predicted molar refractivity (Wildman–Crippen MR) is 86.7 cm³/mol. The number of carbonyl (C=O) groups is 1. The number of benzene rings is 1. The normalized spacial score (nSPS) is 12.0. The Bertz CT molecular complexity index is 570. The summed E-state index contributed by atoms with van der Waals surface area (Å²) in [5.74, 6) is 0.600. The van der Waals surface area contributed by atoms with Crippen molar-refractivity contribution in [1.29, 1.82) is 0 Å². The number of rotatable bonds is 8. The second-order valence-corrected chi connectivity index (χ2v) is 6.18. The molecule has 1 unspecified atom stereocenters. The van der Waals surface area contributed by atoms with Crippen LogP contribution in [-0.2, 0) is 22.7 Å². The zero-order valence-corrected chi connectivity index (χ0v) is 13.3. The lowest BCUT2D eigenvalue weighted by atomic mass is 9.88. The second-order valence-electron chi connectivity index (χ2n) is 6.18. The Morgan fingerprint density at radius 3 is 2.68 bits per heavy atom. The standard InChI is InChI=1S/C17H23N3O2/c1-13(20-16(11-21)17(2,3)4)19-10-15-7-5-6-14(8-15)9-18-12-22/h5-8,11,16,19-20H,1,9-10H2,2-4H3. The molecule has 0 radical (unpaired) electrons. The van der Waals surface area contributed by atoms with Crippen LogP contribution in [0.25, 0.3) is 0 Å². The van der Waals surface area contributed by atoms with Gasteiger partial charge in [-0.05, 0) is 16.5 Å². The zero-order valence-electron chi connectivity index (χ0n) is 13.3. The van der Waals surface area contributed by atoms with Crippen molar-refractivity contribution in [3.8, 4) is 0 Å². The molecular weight excluding hydrogens is 278 g/mol. The van der Waals surface area contributed by atoms with Gasteiger partial charge in [-0.25, -0.2) is 9.79 Å². The Morgan fingerprint density at radius 2 is 2.09 bits per heavy atom. The van der Waals surface area contributed by atoms with Gasteiger partial charge in [0.05, 0.1) is 18.4 Å². The molecule has 0 spiro atoms. The van der Waals surface area contributed by atoms with Crippen LogP contribution in [0.2, 0.25) is 0 Å². The molecule has 0 saturated heterocycles. The molecule has 0 saturated carbocycles. The Kier molecular flexibility index (Phi) is 6.54. The third kappa shape index (κ3) is 5.94. The highest BCUT2D eigenvalue weighted by Crippen LogP contribution is 2.18. The van der Waals surface area contributed by atoms with Crippen molar-refractivity contribution in [2.45, 2.75) is 39.9 Å². The van der Waals surface area contributed by atoms with Crippen molar-refractivity contribution in [3.05, 3.63) is 47.8 Å². The van der Waals surface area contributed by atoms with E-state index in [0.717, 1.165) is 17.4 Å². The lowest BCUT2D eigenvalue weighted by Crippen LogP contribution is -2.43. The molecule has 1 atom stereocenters. The minimum Gasteiger partial charge on any atom is -0.368 e. The van der Waals surface area contributed by atoms with E-state index < -0.39 is 0 Å². The van der Waals surface area contributed by atoms with Gasteiger partial charge in [0, 0.05) is 6.54 Å². The highest BCUT2D eigenvalue weighted by Gasteiger charge is 2.23. The number of hydrogen-bond donors (Lipinski definition) is 2. The van der Waals surface area contributed by atoms with Crippen molar-refractivity contribution in [1.82, 2.24) is 10.6 Å². The summed E-state index contributed by atoms with van der Waals surface area (Å²) in [7, 11) is 0. The van der Waals surface area contributed by atoms with E-state index >= 15 is 0 Å². The van der Waals surface area contributed by atoms with Crippen LogP contribution in [0.4, 0.5) is 0 Å². The smallest absolute Gasteiger partial charge is 0.235 e. The largest absolute Gasteiger partial charge is 0.368 e. The van der Waals surface area contributed by atoms with Gasteiger partial charge in [0.1, 0.15) is 6.29 Å². The molecule has 118 valence electrons. The summed E-state index contributed by atoms with van der Waals surface area (Å²) in [6.07, 6.45) is 2.42. The van der Waals surface area contributed by atoms with Gasteiger partial charge in [0.15, 0.2) is 0 Å². The molecule has 0 fully saturated rings. The molecule has 5 heteroatoms. The van der Waals surface area contributed by atoms with E-state index in [1.165, 1.54) is 6.08 Å². The Morgan fingerprint density at radius 1 is 1.41 bits per heavy atom. The van der Waals surface area contributed by atoms with Gasteiger partial charge in [-0.15, -0.1) is 0 Å². The van der Waals surface area contributed by atoms with Gasteiger partial charge < -0.3 is 15.4 Å². The average molecular weight is 301 g/mol. The first kappa shape index (κ1) is 17.7. The summed E-state index contributed by atoms with van der Waals surface area (Å²) in [6, 6.07) is 7.43. The Hall–Kier alpha value is -2.39. The molecule has 0 aromatic heterocycles. The van der Waals surface area contributed by atoms with E-state index in [4.69, 9.17) is 0 Å². The van der Waals surface area contributed by atoms with E-state index in [1.807, 2.05) is 45.0 Å². The summed E-state index contributed by atoms with van der Waals surface area (Å²) in [4.78, 5) is 24.8. The monoisotopic (exact) mass is 301 g/mol. The van der Waals surface area contributed by atoms with Crippen LogP contribution < -0.4 is 10.6 Å². The summed E-state index contributed by atoms with van der Waals surface area (Å²) < 4.78 is 0. The first-order chi connectivity index (χ1) is 10.4. The summed E-state index contributed by atoms with van der Waals surface area (Å²) >= 11 is 0. The van der Waals surface area contributed by atoms with Gasteiger partial charge >= 0.3 is 0 Å². The maximum atomic E-state index is 11.1. The molecule has 1 aromatic rings. The van der Waals surface area contributed by atoms with Crippen molar-refractivity contribution in [3.63, 3.8) is 0 Å². The number of carbonyl (C=O) groups excluding carboxylic acids is 2. The summed E-state index contributed by atoms with van der Waals surface area (Å²) in [5.41, 5.74) is 1.81. The fraction of sp³-hybridized carbons (Fsp3) is 0.412. The quantitative estimate of drug-likeness (QED) is 0.439. The van der Waals surface area contributed by atoms with Gasteiger partial charge in [0.2, 0.25) is 6.08 Å². The summed E-state index contributed by atoms with van der Waals surface area (Å²) in [5, 5.41) is 6.23. The second kappa shape index (κ2) is 8.15. The van der Waals surface area contributed by atoms with Gasteiger partial charge in [-0.1, -0.05) is 51.6 Å². The molecule has 22 heavy (non-hydrogen) atoms. The number of nitrogens with one attached hydrogen (secondary N) is 2. The van der Waals surface area contributed by atoms with Crippen LogP contribution in [0, 0.1) is 5.41 Å². The summed E-state index contributed by atoms with van der Waals surface area (Å²) in [6.45, 7) is 10.8. The minimum atomic E-state index is -0.305. The van der Waals surface area contributed by atoms with E-state index in [9.17, 15) is 9.59 Å². The molecule has 0 heterocycles. The Labute approximate surface area is 131 Å². The first-order valence-electron chi connectivity index (χ1n) is 7.13. The average Bonchev–Trinajstić information content (AvgIpc) is 2.47. The Balaban J connectivity index is 2.57. The van der Waals surface area contributed by atoms with Gasteiger partial charge in [-0.2, -0.15) is 0 Å². The van der Waals surface area contributed by atoms with Gasteiger partial charge in [0.25, 0.3) is 0 Å². The number of hydrogen-bond acceptors (Lipinski definition) is 5. The fourth-order valence-corrected chi connectivity index (χ4v) is 1.86. The molecule has 0 aliphatic carbocycles. The third-order valence-corrected chi connectivity index (χ3v) is 3.22. The van der Waals surface area contributed by atoms with Crippen LogP contribution in [0.3, 0.4) is 0 Å². The highest BCUT2D eigenvalue weighted by molar-refractivity contribution is 5.59. The number of nitrogens with zero attached hydrogens (tertiary/aromatic N) is 1. The molecular formula is C17H23N3O2. The van der Waals surface area contributed by atoms with Crippen LogP contribution in [0.5, 0.6) is 0 Å². The van der Waals surface area contributed by atoms with E-state index in [-0.39, 0.29) is 11.5 Å². The van der Waals surface area contributed by atoms with Crippen LogP contribution in [-0.4, -0.2) is 18.4 Å². The first-order valence-corrected chi connectivity index (χ1v) is 7.13. The lowest BCUT2D eigenvalue weighted by Gasteiger charge is -2.28. The van der Waals surface area contributed by atoms with E-state index in [1.54, 1.807) is 0 Å². The van der Waals surface area contributed by atoms with Crippen LogP contribution in [0.15, 0.2) is 41.7 Å². The molecule has 0 bridgehead atoms.